The maximum atomic E-state index is 12.1. The SMILES string of the molecule is N#Cc1ccc2[nH]c(=S)n(CCSC(F)(F)F)c2c1. The largest absolute Gasteiger partial charge is 0.441 e. The van der Waals surface area contributed by atoms with E-state index < -0.39 is 5.51 Å². The van der Waals surface area contributed by atoms with Crippen LogP contribution in [0.5, 0.6) is 0 Å². The van der Waals surface area contributed by atoms with Gasteiger partial charge in [0.2, 0.25) is 0 Å². The quantitative estimate of drug-likeness (QED) is 0.877. The van der Waals surface area contributed by atoms with E-state index in [1.54, 1.807) is 22.8 Å². The number of alkyl halides is 3. The highest BCUT2D eigenvalue weighted by atomic mass is 32.2. The summed E-state index contributed by atoms with van der Waals surface area (Å²) in [5, 5.41) is 8.83. The monoisotopic (exact) mass is 303 g/mol. The van der Waals surface area contributed by atoms with Crippen molar-refractivity contribution in [2.45, 2.75) is 12.1 Å². The van der Waals surface area contributed by atoms with Crippen molar-refractivity contribution in [3.05, 3.63) is 28.5 Å². The number of aryl methyl sites for hydroxylation is 1. The van der Waals surface area contributed by atoms with Crippen LogP contribution in [0.2, 0.25) is 0 Å². The molecule has 2 aromatic rings. The molecule has 0 saturated carbocycles. The second-order valence-corrected chi connectivity index (χ2v) is 5.27. The fourth-order valence-corrected chi connectivity index (χ4v) is 2.50. The summed E-state index contributed by atoms with van der Waals surface area (Å²) in [6.45, 7) is 0.137. The molecule has 1 heterocycles. The zero-order chi connectivity index (χ0) is 14.0. The smallest absolute Gasteiger partial charge is 0.331 e. The Bertz CT molecular complexity index is 694. The number of benzene rings is 1. The second-order valence-electron chi connectivity index (χ2n) is 3.72. The third kappa shape index (κ3) is 3.30. The molecule has 0 bridgehead atoms. The Morgan fingerprint density at radius 2 is 2.16 bits per heavy atom. The van der Waals surface area contributed by atoms with Crippen LogP contribution in [0.25, 0.3) is 11.0 Å². The summed E-state index contributed by atoms with van der Waals surface area (Å²) in [5.74, 6) is -0.123. The molecular formula is C11H8F3N3S2. The van der Waals surface area contributed by atoms with E-state index in [2.05, 4.69) is 4.98 Å². The summed E-state index contributed by atoms with van der Waals surface area (Å²) in [6.07, 6.45) is 0. The van der Waals surface area contributed by atoms with Crippen LogP contribution in [0.1, 0.15) is 5.56 Å². The predicted molar refractivity (Wildman–Crippen MR) is 70.4 cm³/mol. The van der Waals surface area contributed by atoms with Gasteiger partial charge in [-0.1, -0.05) is 0 Å². The number of nitriles is 1. The van der Waals surface area contributed by atoms with E-state index in [0.29, 0.717) is 21.4 Å². The molecular weight excluding hydrogens is 295 g/mol. The summed E-state index contributed by atoms with van der Waals surface area (Å²) in [5.41, 5.74) is -2.45. The number of hydrogen-bond donors (Lipinski definition) is 1. The van der Waals surface area contributed by atoms with E-state index in [1.165, 1.54) is 0 Å². The van der Waals surface area contributed by atoms with Crippen LogP contribution in [-0.2, 0) is 6.54 Å². The summed E-state index contributed by atoms with van der Waals surface area (Å²) < 4.78 is 38.2. The Balaban J connectivity index is 2.29. The number of nitrogens with one attached hydrogen (secondary N) is 1. The molecule has 1 N–H and O–H groups in total. The molecule has 8 heteroatoms. The molecule has 0 radical (unpaired) electrons. The Labute approximate surface area is 116 Å². The first-order valence-corrected chi connectivity index (χ1v) is 6.63. The fourth-order valence-electron chi connectivity index (χ4n) is 1.70. The van der Waals surface area contributed by atoms with Crippen LogP contribution in [-0.4, -0.2) is 20.8 Å². The Hall–Kier alpha value is -1.46. The van der Waals surface area contributed by atoms with Crippen molar-refractivity contribution < 1.29 is 13.2 Å². The van der Waals surface area contributed by atoms with Crippen LogP contribution >= 0.6 is 24.0 Å². The molecule has 0 aliphatic heterocycles. The van der Waals surface area contributed by atoms with Gasteiger partial charge in [0.15, 0.2) is 4.77 Å². The number of H-pyrrole nitrogens is 1. The third-order valence-electron chi connectivity index (χ3n) is 2.49. The van der Waals surface area contributed by atoms with Crippen LogP contribution in [0, 0.1) is 16.1 Å². The van der Waals surface area contributed by atoms with E-state index in [-0.39, 0.29) is 24.1 Å². The highest BCUT2D eigenvalue weighted by molar-refractivity contribution is 8.00. The lowest BCUT2D eigenvalue weighted by Crippen LogP contribution is -2.07. The molecule has 1 aromatic heterocycles. The fraction of sp³-hybridized carbons (Fsp3) is 0.273. The van der Waals surface area contributed by atoms with Gasteiger partial charge in [-0.15, -0.1) is 0 Å². The molecule has 0 saturated heterocycles. The van der Waals surface area contributed by atoms with E-state index in [4.69, 9.17) is 17.5 Å². The molecule has 0 amide bonds. The lowest BCUT2D eigenvalue weighted by atomic mass is 10.2. The van der Waals surface area contributed by atoms with Crippen LogP contribution < -0.4 is 0 Å². The maximum absolute atomic E-state index is 12.1. The number of hydrogen-bond acceptors (Lipinski definition) is 3. The average Bonchev–Trinajstić information content (AvgIpc) is 2.63. The normalized spacial score (nSPS) is 11.7. The average molecular weight is 303 g/mol. The van der Waals surface area contributed by atoms with Gasteiger partial charge in [-0.25, -0.2) is 0 Å². The molecule has 3 nitrogen and oxygen atoms in total. The Morgan fingerprint density at radius 1 is 1.42 bits per heavy atom. The number of nitrogens with zero attached hydrogens (tertiary/aromatic N) is 2. The van der Waals surface area contributed by atoms with Crippen molar-refractivity contribution in [1.29, 1.82) is 5.26 Å². The second kappa shape index (κ2) is 5.27. The van der Waals surface area contributed by atoms with Crippen molar-refractivity contribution in [2.75, 3.05) is 5.75 Å². The van der Waals surface area contributed by atoms with E-state index in [9.17, 15) is 13.2 Å². The minimum absolute atomic E-state index is 0.0870. The molecule has 2 rings (SSSR count). The van der Waals surface area contributed by atoms with Crippen molar-refractivity contribution in [2.24, 2.45) is 0 Å². The van der Waals surface area contributed by atoms with Gasteiger partial charge in [0.1, 0.15) is 0 Å². The number of aromatic amines is 1. The van der Waals surface area contributed by atoms with Crippen molar-refractivity contribution >= 4 is 35.0 Å². The lowest BCUT2D eigenvalue weighted by molar-refractivity contribution is -0.0328. The van der Waals surface area contributed by atoms with Gasteiger partial charge in [-0.3, -0.25) is 0 Å². The van der Waals surface area contributed by atoms with Crippen LogP contribution in [0.3, 0.4) is 0 Å². The van der Waals surface area contributed by atoms with Crippen molar-refractivity contribution in [3.8, 4) is 6.07 Å². The number of imidazole rings is 1. The van der Waals surface area contributed by atoms with Crippen LogP contribution in [0.4, 0.5) is 13.2 Å². The minimum atomic E-state index is -4.24. The molecule has 19 heavy (non-hydrogen) atoms. The summed E-state index contributed by atoms with van der Waals surface area (Å²) in [7, 11) is 0. The first kappa shape index (κ1) is 14.0. The summed E-state index contributed by atoms with van der Waals surface area (Å²) in [4.78, 5) is 2.90. The predicted octanol–water partition coefficient (Wildman–Crippen LogP) is 3.82. The van der Waals surface area contributed by atoms with E-state index in [0.717, 1.165) is 0 Å². The lowest BCUT2D eigenvalue weighted by Gasteiger charge is -2.07. The molecule has 1 aromatic carbocycles. The number of thioether (sulfide) groups is 1. The van der Waals surface area contributed by atoms with Gasteiger partial charge in [-0.05, 0) is 42.2 Å². The molecule has 0 atom stereocenters. The van der Waals surface area contributed by atoms with Crippen molar-refractivity contribution in [3.63, 3.8) is 0 Å². The number of aromatic nitrogens is 2. The van der Waals surface area contributed by atoms with Gasteiger partial charge >= 0.3 is 5.51 Å². The number of fused-ring (bicyclic) bond motifs is 1. The van der Waals surface area contributed by atoms with Gasteiger partial charge in [0.05, 0.1) is 22.7 Å². The van der Waals surface area contributed by atoms with E-state index >= 15 is 0 Å². The molecule has 0 aliphatic rings. The first-order chi connectivity index (χ1) is 8.90. The first-order valence-electron chi connectivity index (χ1n) is 5.24. The highest BCUT2D eigenvalue weighted by Gasteiger charge is 2.27. The zero-order valence-corrected chi connectivity index (χ0v) is 11.1. The van der Waals surface area contributed by atoms with Gasteiger partial charge in [-0.2, -0.15) is 18.4 Å². The third-order valence-corrected chi connectivity index (χ3v) is 3.52. The zero-order valence-electron chi connectivity index (χ0n) is 9.49. The number of halogens is 3. The summed E-state index contributed by atoms with van der Waals surface area (Å²) >= 11 is 4.99. The van der Waals surface area contributed by atoms with Gasteiger partial charge < -0.3 is 9.55 Å². The van der Waals surface area contributed by atoms with E-state index in [1.807, 2.05) is 6.07 Å². The minimum Gasteiger partial charge on any atom is -0.331 e. The Kier molecular flexibility index (Phi) is 3.87. The molecule has 0 aliphatic carbocycles. The van der Waals surface area contributed by atoms with Gasteiger partial charge in [0.25, 0.3) is 0 Å². The summed E-state index contributed by atoms with van der Waals surface area (Å²) in [6, 6.07) is 6.92. The topological polar surface area (TPSA) is 44.5 Å². The highest BCUT2D eigenvalue weighted by Crippen LogP contribution is 2.30. The van der Waals surface area contributed by atoms with Crippen LogP contribution in [0.15, 0.2) is 18.2 Å². The standard InChI is InChI=1S/C11H8F3N3S2/c12-11(13,14)19-4-3-17-9-5-7(6-15)1-2-8(9)16-10(17)18/h1-2,5H,3-4H2,(H,16,18). The maximum Gasteiger partial charge on any atom is 0.441 e. The molecule has 0 fully saturated rings. The van der Waals surface area contributed by atoms with Gasteiger partial charge in [0, 0.05) is 12.3 Å². The van der Waals surface area contributed by atoms with Crippen molar-refractivity contribution in [1.82, 2.24) is 9.55 Å². The molecule has 0 spiro atoms. The molecule has 100 valence electrons. The Morgan fingerprint density at radius 3 is 2.79 bits per heavy atom. The molecule has 0 unspecified atom stereocenters. The number of rotatable bonds is 3.